The van der Waals surface area contributed by atoms with Crippen molar-refractivity contribution in [2.24, 2.45) is 0 Å². The zero-order chi connectivity index (χ0) is 12.5. The molecule has 0 bridgehead atoms. The highest BCUT2D eigenvalue weighted by molar-refractivity contribution is 8.00. The molecule has 3 rings (SSSR count). The van der Waals surface area contributed by atoms with E-state index >= 15 is 0 Å². The third-order valence-electron chi connectivity index (χ3n) is 2.76. The van der Waals surface area contributed by atoms with Gasteiger partial charge >= 0.3 is 0 Å². The molecule has 1 aliphatic carbocycles. The van der Waals surface area contributed by atoms with Gasteiger partial charge in [0.2, 0.25) is 5.91 Å². The number of imidazole rings is 1. The van der Waals surface area contributed by atoms with Crippen molar-refractivity contribution in [3.63, 3.8) is 0 Å². The molecule has 0 radical (unpaired) electrons. The summed E-state index contributed by atoms with van der Waals surface area (Å²) < 4.78 is 1.87. The van der Waals surface area contributed by atoms with Crippen molar-refractivity contribution in [3.05, 3.63) is 17.3 Å². The zero-order valence-corrected chi connectivity index (χ0v) is 11.3. The van der Waals surface area contributed by atoms with Crippen LogP contribution in [0.15, 0.2) is 16.6 Å². The lowest BCUT2D eigenvalue weighted by molar-refractivity contribution is -0.118. The first-order valence-corrected chi connectivity index (χ1v) is 7.62. The second-order valence-electron chi connectivity index (χ2n) is 4.21. The molecule has 1 amide bonds. The van der Waals surface area contributed by atoms with Crippen LogP contribution in [0.4, 0.5) is 0 Å². The minimum atomic E-state index is -0.0650. The third kappa shape index (κ3) is 2.38. The Bertz CT molecular complexity index is 574. The summed E-state index contributed by atoms with van der Waals surface area (Å²) in [5.74, 6) is 0.400. The molecule has 2 aromatic heterocycles. The lowest BCUT2D eigenvalue weighted by Crippen LogP contribution is -2.27. The van der Waals surface area contributed by atoms with Gasteiger partial charge in [0.25, 0.3) is 0 Å². The topological polar surface area (TPSA) is 66.6 Å². The normalized spacial score (nSPS) is 15.2. The van der Waals surface area contributed by atoms with Crippen LogP contribution in [-0.2, 0) is 11.4 Å². The predicted octanol–water partition coefficient (Wildman–Crippen LogP) is 1.26. The Kier molecular flexibility index (Phi) is 3.27. The number of carbonyl (C=O) groups is 1. The fourth-order valence-corrected chi connectivity index (χ4v) is 3.33. The van der Waals surface area contributed by atoms with Crippen molar-refractivity contribution in [3.8, 4) is 0 Å². The van der Waals surface area contributed by atoms with Crippen LogP contribution >= 0.6 is 23.1 Å². The minimum absolute atomic E-state index is 0.0442. The van der Waals surface area contributed by atoms with Gasteiger partial charge in [0.05, 0.1) is 18.1 Å². The summed E-state index contributed by atoms with van der Waals surface area (Å²) in [6, 6.07) is 0.390. The Morgan fingerprint density at radius 3 is 3.22 bits per heavy atom. The number of carbonyl (C=O) groups excluding carboxylic acids is 1. The van der Waals surface area contributed by atoms with Crippen LogP contribution in [0.25, 0.3) is 4.96 Å². The Hall–Kier alpha value is -1.05. The molecule has 1 saturated carbocycles. The van der Waals surface area contributed by atoms with Gasteiger partial charge in [-0.1, -0.05) is 11.8 Å². The minimum Gasteiger partial charge on any atom is -0.390 e. The first-order chi connectivity index (χ1) is 8.78. The van der Waals surface area contributed by atoms with Crippen LogP contribution < -0.4 is 5.32 Å². The fourth-order valence-electron chi connectivity index (χ4n) is 1.70. The number of aromatic nitrogens is 2. The van der Waals surface area contributed by atoms with Gasteiger partial charge < -0.3 is 10.4 Å². The largest absolute Gasteiger partial charge is 0.390 e. The number of fused-ring (bicyclic) bond motifs is 1. The van der Waals surface area contributed by atoms with Crippen molar-refractivity contribution in [1.82, 2.24) is 14.7 Å². The van der Waals surface area contributed by atoms with Crippen molar-refractivity contribution in [2.45, 2.75) is 30.5 Å². The predicted molar refractivity (Wildman–Crippen MR) is 70.9 cm³/mol. The van der Waals surface area contributed by atoms with Crippen molar-refractivity contribution in [1.29, 1.82) is 0 Å². The molecule has 1 fully saturated rings. The van der Waals surface area contributed by atoms with E-state index in [4.69, 9.17) is 0 Å². The van der Waals surface area contributed by atoms with Gasteiger partial charge in [-0.2, -0.15) is 0 Å². The number of thioether (sulfide) groups is 1. The highest BCUT2D eigenvalue weighted by atomic mass is 32.2. The average Bonchev–Trinajstić information content (AvgIpc) is 2.93. The lowest BCUT2D eigenvalue weighted by Gasteiger charge is -2.02. The van der Waals surface area contributed by atoms with Gasteiger partial charge in [0, 0.05) is 17.6 Å². The first kappa shape index (κ1) is 12.0. The second kappa shape index (κ2) is 4.91. The van der Waals surface area contributed by atoms with Crippen LogP contribution in [0.5, 0.6) is 0 Å². The number of hydrogen-bond donors (Lipinski definition) is 2. The Balaban J connectivity index is 1.69. The van der Waals surface area contributed by atoms with E-state index in [1.165, 1.54) is 23.1 Å². The number of thiazole rings is 1. The summed E-state index contributed by atoms with van der Waals surface area (Å²) in [6.45, 7) is -0.0650. The van der Waals surface area contributed by atoms with E-state index in [1.54, 1.807) is 0 Å². The molecule has 2 N–H and O–H groups in total. The maximum Gasteiger partial charge on any atom is 0.230 e. The molecular weight excluding hydrogens is 270 g/mol. The zero-order valence-electron chi connectivity index (χ0n) is 9.63. The third-order valence-corrected chi connectivity index (χ3v) is 4.52. The summed E-state index contributed by atoms with van der Waals surface area (Å²) in [5, 5.41) is 15.0. The summed E-state index contributed by atoms with van der Waals surface area (Å²) in [6.07, 6.45) is 4.07. The standard InChI is InChI=1S/C11H13N3O2S2/c15-5-8-10(13-11-14(8)3-4-17-11)18-6-9(16)12-7-1-2-7/h3-4,7,15H,1-2,5-6H2,(H,12,16). The molecule has 2 heterocycles. The molecule has 0 aromatic carbocycles. The Morgan fingerprint density at radius 2 is 2.50 bits per heavy atom. The molecule has 5 nitrogen and oxygen atoms in total. The summed E-state index contributed by atoms with van der Waals surface area (Å²) >= 11 is 2.90. The molecule has 0 aliphatic heterocycles. The molecule has 7 heteroatoms. The summed E-state index contributed by atoms with van der Waals surface area (Å²) in [7, 11) is 0. The highest BCUT2D eigenvalue weighted by Crippen LogP contribution is 2.26. The number of nitrogens with zero attached hydrogens (tertiary/aromatic N) is 2. The van der Waals surface area contributed by atoms with Crippen molar-refractivity contribution in [2.75, 3.05) is 5.75 Å². The number of rotatable bonds is 5. The number of aliphatic hydroxyl groups excluding tert-OH is 1. The summed E-state index contributed by atoms with van der Waals surface area (Å²) in [4.78, 5) is 16.9. The van der Waals surface area contributed by atoms with E-state index < -0.39 is 0 Å². The monoisotopic (exact) mass is 283 g/mol. The maximum absolute atomic E-state index is 11.6. The van der Waals surface area contributed by atoms with Gasteiger partial charge in [0.15, 0.2) is 4.96 Å². The van der Waals surface area contributed by atoms with Crippen LogP contribution in [-0.4, -0.2) is 32.2 Å². The van der Waals surface area contributed by atoms with E-state index in [2.05, 4.69) is 10.3 Å². The van der Waals surface area contributed by atoms with E-state index in [0.717, 1.165) is 28.5 Å². The van der Waals surface area contributed by atoms with Crippen LogP contribution in [0, 0.1) is 0 Å². The molecule has 1 aliphatic rings. The molecule has 18 heavy (non-hydrogen) atoms. The lowest BCUT2D eigenvalue weighted by atomic mass is 10.5. The highest BCUT2D eigenvalue weighted by Gasteiger charge is 2.23. The van der Waals surface area contributed by atoms with Gasteiger partial charge in [-0.3, -0.25) is 9.20 Å². The smallest absolute Gasteiger partial charge is 0.230 e. The number of aliphatic hydroxyl groups is 1. The van der Waals surface area contributed by atoms with Gasteiger partial charge in [0.1, 0.15) is 5.03 Å². The summed E-state index contributed by atoms with van der Waals surface area (Å²) in [5.41, 5.74) is 0.760. The SMILES string of the molecule is O=C(CSc1nc2sccn2c1CO)NC1CC1. The molecular formula is C11H13N3O2S2. The Morgan fingerprint density at radius 1 is 1.67 bits per heavy atom. The number of nitrogens with one attached hydrogen (secondary N) is 1. The van der Waals surface area contributed by atoms with Gasteiger partial charge in [-0.25, -0.2) is 4.98 Å². The maximum atomic E-state index is 11.6. The van der Waals surface area contributed by atoms with E-state index in [-0.39, 0.29) is 12.5 Å². The van der Waals surface area contributed by atoms with Gasteiger partial charge in [-0.15, -0.1) is 11.3 Å². The first-order valence-electron chi connectivity index (χ1n) is 5.75. The average molecular weight is 283 g/mol. The van der Waals surface area contributed by atoms with E-state index in [0.29, 0.717) is 11.8 Å². The fraction of sp³-hybridized carbons (Fsp3) is 0.455. The van der Waals surface area contributed by atoms with Crippen molar-refractivity contribution < 1.29 is 9.90 Å². The molecule has 0 unspecified atom stereocenters. The molecule has 2 aromatic rings. The van der Waals surface area contributed by atoms with E-state index in [9.17, 15) is 9.90 Å². The van der Waals surface area contributed by atoms with Crippen LogP contribution in [0.2, 0.25) is 0 Å². The van der Waals surface area contributed by atoms with Crippen molar-refractivity contribution >= 4 is 34.0 Å². The quantitative estimate of drug-likeness (QED) is 0.811. The molecule has 0 spiro atoms. The molecule has 96 valence electrons. The second-order valence-corrected chi connectivity index (χ2v) is 6.04. The van der Waals surface area contributed by atoms with Crippen LogP contribution in [0.1, 0.15) is 18.5 Å². The number of hydrogen-bond acceptors (Lipinski definition) is 5. The Labute approximate surface area is 112 Å². The van der Waals surface area contributed by atoms with E-state index in [1.807, 2.05) is 16.0 Å². The molecule has 0 saturated heterocycles. The molecule has 0 atom stereocenters. The van der Waals surface area contributed by atoms with Crippen LogP contribution in [0.3, 0.4) is 0 Å². The number of amides is 1. The van der Waals surface area contributed by atoms with Gasteiger partial charge in [-0.05, 0) is 12.8 Å².